The van der Waals surface area contributed by atoms with Gasteiger partial charge in [0, 0.05) is 37.4 Å². The summed E-state index contributed by atoms with van der Waals surface area (Å²) < 4.78 is 44.4. The Morgan fingerprint density at radius 1 is 1.12 bits per heavy atom. The Morgan fingerprint density at radius 2 is 1.78 bits per heavy atom. The first-order valence-corrected chi connectivity index (χ1v) is 9.82. The highest BCUT2D eigenvalue weighted by Crippen LogP contribution is 2.27. The molecule has 8 nitrogen and oxygen atoms in total. The Hall–Kier alpha value is -3.60. The number of aromatic carboxylic acids is 1. The fourth-order valence-corrected chi connectivity index (χ4v) is 4.01. The number of carboxylic acids is 1. The van der Waals surface area contributed by atoms with Gasteiger partial charge in [-0.25, -0.2) is 22.9 Å². The topological polar surface area (TPSA) is 113 Å². The lowest BCUT2D eigenvalue weighted by atomic mass is 10.1. The summed E-state index contributed by atoms with van der Waals surface area (Å²) in [6, 6.07) is 2.45. The van der Waals surface area contributed by atoms with Crippen LogP contribution in [0.15, 0.2) is 29.2 Å². The van der Waals surface area contributed by atoms with Gasteiger partial charge in [0.15, 0.2) is 17.3 Å². The number of fused-ring (bicyclic) bond motifs is 1. The van der Waals surface area contributed by atoms with E-state index >= 15 is 4.39 Å². The Balaban J connectivity index is 2.04. The molecule has 3 aromatic rings. The molecule has 168 valence electrons. The first-order chi connectivity index (χ1) is 15.1. The lowest BCUT2D eigenvalue weighted by Gasteiger charge is -2.37. The number of aromatic nitrogens is 2. The van der Waals surface area contributed by atoms with E-state index in [1.807, 2.05) is 13.8 Å². The van der Waals surface area contributed by atoms with E-state index in [1.54, 1.807) is 4.90 Å². The first-order valence-electron chi connectivity index (χ1n) is 9.82. The Labute approximate surface area is 180 Å². The standard InChI is InChI=1S/C21H20F3N5O3/c1-9-6-28(7-10(2)26-9)20-15(24)3-11-18(30)12(21(31)32)8-29(19(11)27-20)17-5-16(25)13(22)4-14(17)23/h3-5,8-10,26H,6-7,25H2,1-2H3,(H,31,32). The monoisotopic (exact) mass is 447 g/mol. The number of rotatable bonds is 3. The number of halogens is 3. The molecule has 0 bridgehead atoms. The van der Waals surface area contributed by atoms with Crippen LogP contribution in [-0.2, 0) is 0 Å². The van der Waals surface area contributed by atoms with Gasteiger partial charge in [-0.2, -0.15) is 0 Å². The van der Waals surface area contributed by atoms with Crippen molar-refractivity contribution < 1.29 is 23.1 Å². The van der Waals surface area contributed by atoms with E-state index in [2.05, 4.69) is 10.3 Å². The number of carboxylic acid groups (broad SMARTS) is 1. The number of hydrogen-bond acceptors (Lipinski definition) is 6. The number of piperazine rings is 1. The average molecular weight is 447 g/mol. The van der Waals surface area contributed by atoms with Crippen molar-refractivity contribution in [3.63, 3.8) is 0 Å². The predicted octanol–water partition coefficient (Wildman–Crippen LogP) is 2.27. The Kier molecular flexibility index (Phi) is 5.29. The molecule has 0 radical (unpaired) electrons. The van der Waals surface area contributed by atoms with Gasteiger partial charge in [0.25, 0.3) is 0 Å². The van der Waals surface area contributed by atoms with E-state index in [-0.39, 0.29) is 34.6 Å². The summed E-state index contributed by atoms with van der Waals surface area (Å²) in [5.41, 5.74) is 2.97. The second-order valence-electron chi connectivity index (χ2n) is 7.91. The predicted molar refractivity (Wildman–Crippen MR) is 113 cm³/mol. The van der Waals surface area contributed by atoms with Crippen LogP contribution in [-0.4, -0.2) is 45.8 Å². The third-order valence-electron chi connectivity index (χ3n) is 5.33. The number of nitrogen functional groups attached to an aromatic ring is 1. The number of benzene rings is 1. The summed E-state index contributed by atoms with van der Waals surface area (Å²) >= 11 is 0. The number of nitrogens with one attached hydrogen (secondary N) is 1. The maximum Gasteiger partial charge on any atom is 0.341 e. The molecule has 2 aromatic heterocycles. The van der Waals surface area contributed by atoms with Crippen LogP contribution < -0.4 is 21.4 Å². The molecule has 2 unspecified atom stereocenters. The maximum atomic E-state index is 15.0. The highest BCUT2D eigenvalue weighted by molar-refractivity contribution is 5.92. The van der Waals surface area contributed by atoms with E-state index in [9.17, 15) is 23.5 Å². The molecule has 0 spiro atoms. The van der Waals surface area contributed by atoms with Crippen molar-refractivity contribution in [2.75, 3.05) is 23.7 Å². The lowest BCUT2D eigenvalue weighted by Crippen LogP contribution is -2.54. The van der Waals surface area contributed by atoms with E-state index in [1.165, 1.54) is 0 Å². The molecule has 2 atom stereocenters. The molecule has 1 aromatic carbocycles. The van der Waals surface area contributed by atoms with Gasteiger partial charge in [-0.15, -0.1) is 0 Å². The zero-order valence-electron chi connectivity index (χ0n) is 17.2. The molecule has 4 N–H and O–H groups in total. The number of pyridine rings is 2. The van der Waals surface area contributed by atoms with E-state index in [4.69, 9.17) is 5.73 Å². The van der Waals surface area contributed by atoms with Crippen LogP contribution in [0.1, 0.15) is 24.2 Å². The van der Waals surface area contributed by atoms with Gasteiger partial charge >= 0.3 is 5.97 Å². The molecular weight excluding hydrogens is 427 g/mol. The van der Waals surface area contributed by atoms with Crippen molar-refractivity contribution in [3.05, 3.63) is 57.6 Å². The van der Waals surface area contributed by atoms with Crippen LogP contribution >= 0.6 is 0 Å². The van der Waals surface area contributed by atoms with Crippen molar-refractivity contribution >= 4 is 28.5 Å². The fourth-order valence-electron chi connectivity index (χ4n) is 4.01. The summed E-state index contributed by atoms with van der Waals surface area (Å²) in [6.45, 7) is 4.70. The number of anilines is 2. The molecule has 32 heavy (non-hydrogen) atoms. The summed E-state index contributed by atoms with van der Waals surface area (Å²) in [5.74, 6) is -4.53. The molecule has 11 heteroatoms. The van der Waals surface area contributed by atoms with Gasteiger partial charge in [-0.3, -0.25) is 9.36 Å². The third-order valence-corrected chi connectivity index (χ3v) is 5.33. The number of nitrogens with zero attached hydrogens (tertiary/aromatic N) is 3. The molecule has 1 fully saturated rings. The normalized spacial score (nSPS) is 18.8. The summed E-state index contributed by atoms with van der Waals surface area (Å²) in [7, 11) is 0. The van der Waals surface area contributed by atoms with Crippen LogP contribution in [0.4, 0.5) is 24.7 Å². The minimum absolute atomic E-state index is 0.0292. The van der Waals surface area contributed by atoms with Crippen molar-refractivity contribution in [2.45, 2.75) is 25.9 Å². The lowest BCUT2D eigenvalue weighted by molar-refractivity contribution is 0.0695. The highest BCUT2D eigenvalue weighted by Gasteiger charge is 2.27. The summed E-state index contributed by atoms with van der Waals surface area (Å²) in [4.78, 5) is 30.3. The quantitative estimate of drug-likeness (QED) is 0.528. The van der Waals surface area contributed by atoms with Gasteiger partial charge in [-0.05, 0) is 26.0 Å². The third kappa shape index (κ3) is 3.64. The minimum atomic E-state index is -1.59. The fraction of sp³-hybridized carbons (Fsp3) is 0.286. The van der Waals surface area contributed by atoms with Crippen LogP contribution in [0.2, 0.25) is 0 Å². The van der Waals surface area contributed by atoms with Crippen molar-refractivity contribution in [1.82, 2.24) is 14.9 Å². The molecule has 4 rings (SSSR count). The number of nitrogens with two attached hydrogens (primary N) is 1. The molecule has 0 saturated carbocycles. The molecule has 0 amide bonds. The highest BCUT2D eigenvalue weighted by atomic mass is 19.1. The maximum absolute atomic E-state index is 15.0. The zero-order chi connectivity index (χ0) is 23.3. The minimum Gasteiger partial charge on any atom is -0.477 e. The second kappa shape index (κ2) is 7.83. The van der Waals surface area contributed by atoms with Crippen LogP contribution in [0.3, 0.4) is 0 Å². The first kappa shape index (κ1) is 21.6. The largest absolute Gasteiger partial charge is 0.477 e. The van der Waals surface area contributed by atoms with Crippen LogP contribution in [0, 0.1) is 17.5 Å². The molecule has 3 heterocycles. The molecule has 1 saturated heterocycles. The number of hydrogen-bond donors (Lipinski definition) is 3. The van der Waals surface area contributed by atoms with E-state index in [0.717, 1.165) is 22.9 Å². The van der Waals surface area contributed by atoms with Crippen LogP contribution in [0.25, 0.3) is 16.7 Å². The summed E-state index contributed by atoms with van der Waals surface area (Å²) in [5, 5.41) is 12.4. The van der Waals surface area contributed by atoms with Crippen LogP contribution in [0.5, 0.6) is 0 Å². The smallest absolute Gasteiger partial charge is 0.341 e. The second-order valence-corrected chi connectivity index (χ2v) is 7.91. The average Bonchev–Trinajstić information content (AvgIpc) is 2.70. The van der Waals surface area contributed by atoms with Crippen molar-refractivity contribution in [1.29, 1.82) is 0 Å². The Morgan fingerprint density at radius 3 is 2.41 bits per heavy atom. The van der Waals surface area contributed by atoms with Crippen molar-refractivity contribution in [3.8, 4) is 5.69 Å². The molecule has 1 aliphatic heterocycles. The Bertz CT molecular complexity index is 1300. The number of carbonyl (C=O) groups is 1. The SMILES string of the molecule is CC1CN(c2nc3c(cc2F)c(=O)c(C(=O)O)cn3-c2cc(N)c(F)cc2F)CC(C)N1. The zero-order valence-corrected chi connectivity index (χ0v) is 17.2. The molecule has 1 aliphatic rings. The molecule has 0 aliphatic carbocycles. The van der Waals surface area contributed by atoms with Gasteiger partial charge < -0.3 is 21.1 Å². The van der Waals surface area contributed by atoms with E-state index < -0.39 is 40.1 Å². The van der Waals surface area contributed by atoms with Gasteiger partial charge in [0.05, 0.1) is 16.8 Å². The molecular formula is C21H20F3N5O3. The van der Waals surface area contributed by atoms with Crippen molar-refractivity contribution in [2.24, 2.45) is 0 Å². The van der Waals surface area contributed by atoms with Gasteiger partial charge in [-0.1, -0.05) is 0 Å². The van der Waals surface area contributed by atoms with Gasteiger partial charge in [0.1, 0.15) is 17.2 Å². The summed E-state index contributed by atoms with van der Waals surface area (Å²) in [6.07, 6.45) is 0.875. The van der Waals surface area contributed by atoms with E-state index in [0.29, 0.717) is 19.2 Å². The van der Waals surface area contributed by atoms with Gasteiger partial charge in [0.2, 0.25) is 5.43 Å².